The second kappa shape index (κ2) is 6.70. The molecule has 0 aliphatic carbocycles. The predicted octanol–water partition coefficient (Wildman–Crippen LogP) is 3.70. The first-order chi connectivity index (χ1) is 13.6. The van der Waals surface area contributed by atoms with E-state index in [9.17, 15) is 9.90 Å². The maximum atomic E-state index is 13.5. The zero-order valence-corrected chi connectivity index (χ0v) is 16.7. The van der Waals surface area contributed by atoms with Crippen LogP contribution in [0.5, 0.6) is 5.88 Å². The van der Waals surface area contributed by atoms with Gasteiger partial charge >= 0.3 is 5.56 Å². The molecule has 0 aliphatic rings. The molecule has 0 unspecified atom stereocenters. The first-order valence-electron chi connectivity index (χ1n) is 8.44. The summed E-state index contributed by atoms with van der Waals surface area (Å²) in [5, 5.41) is 16.3. The number of fused-ring (bicyclic) bond motifs is 3. The van der Waals surface area contributed by atoms with E-state index in [0.29, 0.717) is 22.2 Å². The number of hydrogen-bond donors (Lipinski definition) is 0. The summed E-state index contributed by atoms with van der Waals surface area (Å²) in [7, 11) is 0. The molecule has 5 nitrogen and oxygen atoms in total. The van der Waals surface area contributed by atoms with Crippen LogP contribution in [0.1, 0.15) is 4.88 Å². The number of nitrogens with zero attached hydrogens (tertiary/aromatic N) is 3. The number of thiophene rings is 1. The third kappa shape index (κ3) is 2.71. The van der Waals surface area contributed by atoms with E-state index in [4.69, 9.17) is 11.6 Å². The molecular weight excluding hydrogens is 414 g/mol. The van der Waals surface area contributed by atoms with E-state index in [-0.39, 0.29) is 17.0 Å². The number of halogens is 1. The van der Waals surface area contributed by atoms with Crippen molar-refractivity contribution in [3.05, 3.63) is 79.9 Å². The van der Waals surface area contributed by atoms with E-state index in [1.807, 2.05) is 35.7 Å². The van der Waals surface area contributed by atoms with Gasteiger partial charge in [-0.2, -0.15) is 4.40 Å². The Balaban J connectivity index is 1.90. The molecular formula is C20H12ClN3O2S2. The van der Waals surface area contributed by atoms with Crippen molar-refractivity contribution in [3.8, 4) is 17.0 Å². The minimum absolute atomic E-state index is 0.156. The summed E-state index contributed by atoms with van der Waals surface area (Å²) in [4.78, 5) is 18.2. The normalized spacial score (nSPS) is 11.5. The summed E-state index contributed by atoms with van der Waals surface area (Å²) in [6.45, 7) is 0.293. The van der Waals surface area contributed by atoms with Crippen molar-refractivity contribution in [1.82, 2.24) is 9.38 Å². The standard InChI is InChI=1S/C20H12ClN3O2S2/c21-20-22-10-13(28-20)11-24-17-14-7-9-27-15(14)6-8-23(17)18(25)16(19(24)26)12-4-2-1-3-5-12/h1-10H,11H2. The van der Waals surface area contributed by atoms with Crippen LogP contribution in [0.25, 0.3) is 26.9 Å². The lowest BCUT2D eigenvalue weighted by Gasteiger charge is -2.17. The van der Waals surface area contributed by atoms with Gasteiger partial charge in [0.05, 0.1) is 16.1 Å². The van der Waals surface area contributed by atoms with E-state index in [1.54, 1.807) is 44.8 Å². The minimum atomic E-state index is -0.321. The van der Waals surface area contributed by atoms with Gasteiger partial charge in [0, 0.05) is 10.9 Å². The Labute approximate surface area is 172 Å². The zero-order chi connectivity index (χ0) is 19.3. The van der Waals surface area contributed by atoms with Crippen LogP contribution in [0.4, 0.5) is 0 Å². The van der Waals surface area contributed by atoms with Gasteiger partial charge in [0.2, 0.25) is 0 Å². The van der Waals surface area contributed by atoms with Gasteiger partial charge in [0.25, 0.3) is 5.65 Å². The van der Waals surface area contributed by atoms with Gasteiger partial charge in [-0.1, -0.05) is 41.9 Å². The Morgan fingerprint density at radius 3 is 2.75 bits per heavy atom. The van der Waals surface area contributed by atoms with Crippen molar-refractivity contribution in [2.75, 3.05) is 0 Å². The smallest absolute Gasteiger partial charge is 0.349 e. The Morgan fingerprint density at radius 1 is 1.18 bits per heavy atom. The van der Waals surface area contributed by atoms with Gasteiger partial charge in [0.1, 0.15) is 18.3 Å². The number of aromatic nitrogens is 3. The molecule has 0 saturated heterocycles. The number of benzene rings is 1. The van der Waals surface area contributed by atoms with Crippen LogP contribution >= 0.6 is 34.3 Å². The van der Waals surface area contributed by atoms with Crippen molar-refractivity contribution >= 4 is 50.0 Å². The molecule has 0 aliphatic heterocycles. The molecule has 0 fully saturated rings. The summed E-state index contributed by atoms with van der Waals surface area (Å²) >= 11 is 8.88. The minimum Gasteiger partial charge on any atom is -0.842 e. The first-order valence-corrected chi connectivity index (χ1v) is 10.5. The predicted molar refractivity (Wildman–Crippen MR) is 110 cm³/mol. The van der Waals surface area contributed by atoms with Crippen molar-refractivity contribution in [3.63, 3.8) is 0 Å². The number of rotatable bonds is 3. The summed E-state index contributed by atoms with van der Waals surface area (Å²) in [5.74, 6) is -0.320. The van der Waals surface area contributed by atoms with E-state index in [0.717, 1.165) is 15.0 Å². The molecule has 0 N–H and O–H groups in total. The third-order valence-electron chi connectivity index (χ3n) is 4.59. The van der Waals surface area contributed by atoms with Crippen molar-refractivity contribution in [2.45, 2.75) is 6.54 Å². The fourth-order valence-electron chi connectivity index (χ4n) is 3.37. The number of hydrogen-bond acceptors (Lipinski definition) is 5. The Bertz CT molecular complexity index is 1390. The highest BCUT2D eigenvalue weighted by Crippen LogP contribution is 2.27. The van der Waals surface area contributed by atoms with Crippen LogP contribution in [0.3, 0.4) is 0 Å². The Morgan fingerprint density at radius 2 is 2.00 bits per heavy atom. The molecule has 0 amide bonds. The molecule has 0 bridgehead atoms. The first kappa shape index (κ1) is 17.4. The summed E-state index contributed by atoms with van der Waals surface area (Å²) in [5.41, 5.74) is 1.02. The Kier molecular flexibility index (Phi) is 4.16. The highest BCUT2D eigenvalue weighted by molar-refractivity contribution is 7.17. The fraction of sp³-hybridized carbons (Fsp3) is 0.0500. The molecule has 4 aromatic heterocycles. The molecule has 138 valence electrons. The largest absolute Gasteiger partial charge is 0.842 e. The average Bonchev–Trinajstić information content (AvgIpc) is 3.34. The van der Waals surface area contributed by atoms with Crippen molar-refractivity contribution < 1.29 is 9.67 Å². The number of thiazole rings is 1. The molecule has 0 saturated carbocycles. The maximum absolute atomic E-state index is 13.5. The van der Waals surface area contributed by atoms with E-state index < -0.39 is 0 Å². The molecule has 0 spiro atoms. The summed E-state index contributed by atoms with van der Waals surface area (Å²) in [6, 6.07) is 12.9. The third-order valence-corrected chi connectivity index (χ3v) is 6.57. The molecule has 5 rings (SSSR count). The summed E-state index contributed by atoms with van der Waals surface area (Å²) < 4.78 is 4.64. The van der Waals surface area contributed by atoms with Crippen LogP contribution in [0.2, 0.25) is 4.47 Å². The topological polar surface area (TPSA) is 61.3 Å². The fourth-order valence-corrected chi connectivity index (χ4v) is 5.11. The van der Waals surface area contributed by atoms with E-state index >= 15 is 0 Å². The van der Waals surface area contributed by atoms with Gasteiger partial charge in [0.15, 0.2) is 4.47 Å². The second-order valence-electron chi connectivity index (χ2n) is 6.22. The van der Waals surface area contributed by atoms with E-state index in [2.05, 4.69) is 4.98 Å². The van der Waals surface area contributed by atoms with Crippen LogP contribution in [-0.4, -0.2) is 9.38 Å². The molecule has 0 radical (unpaired) electrons. The molecule has 1 aromatic carbocycles. The van der Waals surface area contributed by atoms with Crippen molar-refractivity contribution in [2.24, 2.45) is 0 Å². The lowest BCUT2D eigenvalue weighted by molar-refractivity contribution is -0.707. The Hall–Kier alpha value is -2.74. The monoisotopic (exact) mass is 425 g/mol. The lowest BCUT2D eigenvalue weighted by Crippen LogP contribution is -2.44. The van der Waals surface area contributed by atoms with Crippen LogP contribution in [0, 0.1) is 0 Å². The molecule has 8 heteroatoms. The van der Waals surface area contributed by atoms with Crippen LogP contribution in [-0.2, 0) is 6.54 Å². The maximum Gasteiger partial charge on any atom is 0.349 e. The SMILES string of the molecule is O=c1c(-c2ccccc2)c([O-])[n+](Cc2cnc(Cl)s2)c2c3ccsc3ccn12. The second-order valence-corrected chi connectivity index (χ2v) is 8.87. The summed E-state index contributed by atoms with van der Waals surface area (Å²) in [6.07, 6.45) is 3.40. The lowest BCUT2D eigenvalue weighted by atomic mass is 10.1. The van der Waals surface area contributed by atoms with Crippen LogP contribution in [0.15, 0.2) is 65.0 Å². The van der Waals surface area contributed by atoms with Gasteiger partial charge < -0.3 is 5.11 Å². The molecule has 0 atom stereocenters. The zero-order valence-electron chi connectivity index (χ0n) is 14.3. The van der Waals surface area contributed by atoms with Gasteiger partial charge in [-0.25, -0.2) is 14.3 Å². The average molecular weight is 426 g/mol. The van der Waals surface area contributed by atoms with Gasteiger partial charge in [-0.3, -0.25) is 0 Å². The van der Waals surface area contributed by atoms with Crippen LogP contribution < -0.4 is 15.2 Å². The van der Waals surface area contributed by atoms with Gasteiger partial charge in [-0.15, -0.1) is 22.7 Å². The van der Waals surface area contributed by atoms with Crippen molar-refractivity contribution in [1.29, 1.82) is 0 Å². The molecule has 28 heavy (non-hydrogen) atoms. The molecule has 5 aromatic rings. The quantitative estimate of drug-likeness (QED) is 0.414. The number of pyridine rings is 1. The molecule has 4 heterocycles. The highest BCUT2D eigenvalue weighted by Gasteiger charge is 2.23. The van der Waals surface area contributed by atoms with E-state index in [1.165, 1.54) is 11.3 Å². The van der Waals surface area contributed by atoms with Gasteiger partial charge in [-0.05, 0) is 23.1 Å². The highest BCUT2D eigenvalue weighted by atomic mass is 35.5.